The zero-order chi connectivity index (χ0) is 9.52. The van der Waals surface area contributed by atoms with Gasteiger partial charge in [0.25, 0.3) is 0 Å². The van der Waals surface area contributed by atoms with E-state index in [0.717, 1.165) is 25.4 Å². The Morgan fingerprint density at radius 1 is 1.31 bits per heavy atom. The summed E-state index contributed by atoms with van der Waals surface area (Å²) in [6.07, 6.45) is 4.70. The molecular formula is C10H22N2O. The summed E-state index contributed by atoms with van der Waals surface area (Å²) in [6, 6.07) is 0. The van der Waals surface area contributed by atoms with Gasteiger partial charge < -0.3 is 15.7 Å². The van der Waals surface area contributed by atoms with Crippen molar-refractivity contribution in [3.05, 3.63) is 0 Å². The molecule has 0 radical (unpaired) electrons. The van der Waals surface area contributed by atoms with Gasteiger partial charge in [0.1, 0.15) is 0 Å². The molecule has 3 N–H and O–H groups in total. The molecule has 1 atom stereocenters. The first kappa shape index (κ1) is 11.0. The Labute approximate surface area is 80.9 Å². The lowest BCUT2D eigenvalue weighted by molar-refractivity contribution is 0.227. The first-order valence-corrected chi connectivity index (χ1v) is 5.40. The second kappa shape index (κ2) is 6.35. The van der Waals surface area contributed by atoms with Crippen molar-refractivity contribution >= 4 is 0 Å². The molecule has 3 nitrogen and oxygen atoms in total. The Morgan fingerprint density at radius 2 is 2.15 bits per heavy atom. The molecule has 0 amide bonds. The summed E-state index contributed by atoms with van der Waals surface area (Å²) in [5.74, 6) is 0.735. The summed E-state index contributed by atoms with van der Waals surface area (Å²) in [5, 5.41) is 8.72. The van der Waals surface area contributed by atoms with Crippen molar-refractivity contribution in [3.63, 3.8) is 0 Å². The molecule has 3 heteroatoms. The minimum Gasteiger partial charge on any atom is -0.396 e. The van der Waals surface area contributed by atoms with Gasteiger partial charge in [0.05, 0.1) is 0 Å². The maximum atomic E-state index is 8.72. The molecule has 1 heterocycles. The lowest BCUT2D eigenvalue weighted by atomic mass is 10.0. The quantitative estimate of drug-likeness (QED) is 0.669. The van der Waals surface area contributed by atoms with Crippen LogP contribution in [-0.4, -0.2) is 42.8 Å². The number of nitrogens with two attached hydrogens (primary N) is 1. The highest BCUT2D eigenvalue weighted by Gasteiger charge is 2.14. The van der Waals surface area contributed by atoms with Gasteiger partial charge in [0, 0.05) is 13.2 Å². The zero-order valence-corrected chi connectivity index (χ0v) is 8.41. The van der Waals surface area contributed by atoms with Crippen LogP contribution in [0, 0.1) is 5.92 Å². The van der Waals surface area contributed by atoms with Crippen molar-refractivity contribution in [2.75, 3.05) is 32.8 Å². The average molecular weight is 186 g/mol. The van der Waals surface area contributed by atoms with Gasteiger partial charge in [-0.1, -0.05) is 0 Å². The van der Waals surface area contributed by atoms with Crippen molar-refractivity contribution in [2.24, 2.45) is 11.7 Å². The van der Waals surface area contributed by atoms with Crippen molar-refractivity contribution in [1.82, 2.24) is 4.90 Å². The lowest BCUT2D eigenvalue weighted by Crippen LogP contribution is -2.27. The third-order valence-corrected chi connectivity index (χ3v) is 2.91. The highest BCUT2D eigenvalue weighted by Crippen LogP contribution is 2.15. The molecule has 1 unspecified atom stereocenters. The van der Waals surface area contributed by atoms with E-state index in [4.69, 9.17) is 10.8 Å². The second-order valence-electron chi connectivity index (χ2n) is 3.95. The fraction of sp³-hybridized carbons (Fsp3) is 1.00. The minimum atomic E-state index is 0.316. The van der Waals surface area contributed by atoms with E-state index in [1.165, 1.54) is 32.4 Å². The van der Waals surface area contributed by atoms with Crippen molar-refractivity contribution in [3.8, 4) is 0 Å². The third kappa shape index (κ3) is 4.07. The molecule has 0 aliphatic carbocycles. The molecule has 1 aliphatic heterocycles. The van der Waals surface area contributed by atoms with Gasteiger partial charge in [0.15, 0.2) is 0 Å². The van der Waals surface area contributed by atoms with Crippen LogP contribution in [-0.2, 0) is 0 Å². The largest absolute Gasteiger partial charge is 0.396 e. The third-order valence-electron chi connectivity index (χ3n) is 2.91. The predicted octanol–water partition coefficient (Wildman–Crippen LogP) is 0.430. The number of nitrogens with zero attached hydrogens (tertiary/aromatic N) is 1. The number of likely N-dealkylation sites (tertiary alicyclic amines) is 1. The molecule has 1 saturated heterocycles. The van der Waals surface area contributed by atoms with Crippen LogP contribution in [0.1, 0.15) is 25.7 Å². The number of hydrogen-bond acceptors (Lipinski definition) is 3. The molecular weight excluding hydrogens is 164 g/mol. The molecule has 78 valence electrons. The van der Waals surface area contributed by atoms with E-state index in [-0.39, 0.29) is 0 Å². The Bertz CT molecular complexity index is 130. The van der Waals surface area contributed by atoms with E-state index in [1.54, 1.807) is 0 Å². The van der Waals surface area contributed by atoms with Gasteiger partial charge >= 0.3 is 0 Å². The normalized spacial score (nSPS) is 25.8. The van der Waals surface area contributed by atoms with Crippen LogP contribution in [0.25, 0.3) is 0 Å². The summed E-state index contributed by atoms with van der Waals surface area (Å²) in [6.45, 7) is 4.57. The summed E-state index contributed by atoms with van der Waals surface area (Å²) >= 11 is 0. The highest BCUT2D eigenvalue weighted by atomic mass is 16.3. The zero-order valence-electron chi connectivity index (χ0n) is 8.41. The summed E-state index contributed by atoms with van der Waals surface area (Å²) in [4.78, 5) is 2.45. The van der Waals surface area contributed by atoms with Crippen LogP contribution >= 0.6 is 0 Å². The molecule has 0 spiro atoms. The van der Waals surface area contributed by atoms with Crippen molar-refractivity contribution < 1.29 is 5.11 Å². The van der Waals surface area contributed by atoms with Gasteiger partial charge in [-0.05, 0) is 51.2 Å². The minimum absolute atomic E-state index is 0.316. The van der Waals surface area contributed by atoms with E-state index in [1.807, 2.05) is 0 Å². The van der Waals surface area contributed by atoms with Gasteiger partial charge in [-0.3, -0.25) is 0 Å². The summed E-state index contributed by atoms with van der Waals surface area (Å²) < 4.78 is 0. The standard InChI is InChI=1S/C10H22N2O/c11-9-10-3-1-5-12(7-4-10)6-2-8-13/h10,13H,1-9,11H2. The van der Waals surface area contributed by atoms with Gasteiger partial charge in [-0.15, -0.1) is 0 Å². The molecule has 13 heavy (non-hydrogen) atoms. The van der Waals surface area contributed by atoms with Gasteiger partial charge in [-0.2, -0.15) is 0 Å². The topological polar surface area (TPSA) is 49.5 Å². The Kier molecular flexibility index (Phi) is 5.35. The monoisotopic (exact) mass is 186 g/mol. The summed E-state index contributed by atoms with van der Waals surface area (Å²) in [5.41, 5.74) is 5.66. The van der Waals surface area contributed by atoms with Crippen LogP contribution in [0.15, 0.2) is 0 Å². The van der Waals surface area contributed by atoms with E-state index in [9.17, 15) is 0 Å². The van der Waals surface area contributed by atoms with E-state index in [0.29, 0.717) is 6.61 Å². The fourth-order valence-electron chi connectivity index (χ4n) is 1.98. The predicted molar refractivity (Wildman–Crippen MR) is 54.5 cm³/mol. The Balaban J connectivity index is 2.19. The first-order valence-electron chi connectivity index (χ1n) is 5.40. The van der Waals surface area contributed by atoms with Crippen molar-refractivity contribution in [2.45, 2.75) is 25.7 Å². The number of aliphatic hydroxyl groups is 1. The van der Waals surface area contributed by atoms with E-state index < -0.39 is 0 Å². The molecule has 0 aromatic carbocycles. The number of rotatable bonds is 4. The lowest BCUT2D eigenvalue weighted by Gasteiger charge is -2.19. The smallest absolute Gasteiger partial charge is 0.0443 e. The van der Waals surface area contributed by atoms with Crippen LogP contribution in [0.3, 0.4) is 0 Å². The number of hydrogen-bond donors (Lipinski definition) is 2. The second-order valence-corrected chi connectivity index (χ2v) is 3.95. The molecule has 0 aromatic heterocycles. The van der Waals surface area contributed by atoms with Crippen LogP contribution in [0.5, 0.6) is 0 Å². The maximum Gasteiger partial charge on any atom is 0.0443 e. The molecule has 0 aromatic rings. The van der Waals surface area contributed by atoms with Crippen LogP contribution in [0.4, 0.5) is 0 Å². The molecule has 0 bridgehead atoms. The summed E-state index contributed by atoms with van der Waals surface area (Å²) in [7, 11) is 0. The van der Waals surface area contributed by atoms with Gasteiger partial charge in [0.2, 0.25) is 0 Å². The highest BCUT2D eigenvalue weighted by molar-refractivity contribution is 4.70. The first-order chi connectivity index (χ1) is 6.36. The number of aliphatic hydroxyl groups excluding tert-OH is 1. The Morgan fingerprint density at radius 3 is 2.85 bits per heavy atom. The Hall–Kier alpha value is -0.120. The van der Waals surface area contributed by atoms with Crippen molar-refractivity contribution in [1.29, 1.82) is 0 Å². The molecule has 0 saturated carbocycles. The van der Waals surface area contributed by atoms with E-state index in [2.05, 4.69) is 4.90 Å². The SMILES string of the molecule is NCC1CCCN(CCCO)CC1. The molecule has 1 fully saturated rings. The van der Waals surface area contributed by atoms with Crippen LogP contribution < -0.4 is 5.73 Å². The van der Waals surface area contributed by atoms with Gasteiger partial charge in [-0.25, -0.2) is 0 Å². The average Bonchev–Trinajstić information content (AvgIpc) is 2.39. The van der Waals surface area contributed by atoms with Crippen LogP contribution in [0.2, 0.25) is 0 Å². The molecule has 1 rings (SSSR count). The fourth-order valence-corrected chi connectivity index (χ4v) is 1.98. The molecule has 1 aliphatic rings. The van der Waals surface area contributed by atoms with E-state index >= 15 is 0 Å². The maximum absolute atomic E-state index is 8.72.